The molecule has 0 aliphatic rings. The Kier molecular flexibility index (Phi) is 7.88. The van der Waals surface area contributed by atoms with E-state index in [1.165, 1.54) is 0 Å². The van der Waals surface area contributed by atoms with Gasteiger partial charge in [-0.2, -0.15) is 0 Å². The lowest BCUT2D eigenvalue weighted by molar-refractivity contribution is -0.159. The Morgan fingerprint density at radius 2 is 1.83 bits per heavy atom. The van der Waals surface area contributed by atoms with Crippen molar-refractivity contribution >= 4 is 22.8 Å². The van der Waals surface area contributed by atoms with Crippen molar-refractivity contribution in [2.75, 3.05) is 0 Å². The predicted molar refractivity (Wildman–Crippen MR) is 118 cm³/mol. The maximum Gasteiger partial charge on any atom is 0.329 e. The second-order valence-electron chi connectivity index (χ2n) is 8.96. The first-order chi connectivity index (χ1) is 13.6. The van der Waals surface area contributed by atoms with Crippen LogP contribution in [0.2, 0.25) is 0 Å². The number of ether oxygens (including phenoxy) is 1. The number of fused-ring (bicyclic) bond motifs is 1. The smallest absolute Gasteiger partial charge is 0.329 e. The summed E-state index contributed by atoms with van der Waals surface area (Å²) in [5.74, 6) is -0.726. The number of esters is 1. The number of aromatic nitrogens is 1. The summed E-state index contributed by atoms with van der Waals surface area (Å²) >= 11 is 0. The highest BCUT2D eigenvalue weighted by molar-refractivity contribution is 5.88. The Morgan fingerprint density at radius 1 is 1.14 bits per heavy atom. The Morgan fingerprint density at radius 3 is 2.48 bits per heavy atom. The fourth-order valence-corrected chi connectivity index (χ4v) is 3.49. The van der Waals surface area contributed by atoms with E-state index < -0.39 is 11.6 Å². The molecule has 1 aromatic carbocycles. The summed E-state index contributed by atoms with van der Waals surface area (Å²) in [7, 11) is 0. The van der Waals surface area contributed by atoms with Crippen LogP contribution in [0.1, 0.15) is 78.7 Å². The number of aromatic amines is 1. The lowest BCUT2D eigenvalue weighted by atomic mass is 9.88. The molecular formula is C24H36N2O3. The van der Waals surface area contributed by atoms with Crippen molar-refractivity contribution in [3.63, 3.8) is 0 Å². The molecule has 160 valence electrons. The van der Waals surface area contributed by atoms with Crippen LogP contribution in [0.4, 0.5) is 0 Å². The number of nitrogens with one attached hydrogen (secondary N) is 2. The molecule has 0 radical (unpaired) electrons. The highest BCUT2D eigenvalue weighted by atomic mass is 16.6. The van der Waals surface area contributed by atoms with Gasteiger partial charge in [-0.25, -0.2) is 4.79 Å². The van der Waals surface area contributed by atoms with E-state index in [0.717, 1.165) is 35.7 Å². The molecular weight excluding hydrogens is 364 g/mol. The molecule has 5 nitrogen and oxygen atoms in total. The topological polar surface area (TPSA) is 71.2 Å². The summed E-state index contributed by atoms with van der Waals surface area (Å²) < 4.78 is 5.54. The number of carbonyl (C=O) groups is 2. The van der Waals surface area contributed by atoms with Crippen LogP contribution in [-0.4, -0.2) is 28.5 Å². The van der Waals surface area contributed by atoms with Crippen molar-refractivity contribution < 1.29 is 14.3 Å². The molecule has 1 aromatic heterocycles. The number of carbonyl (C=O) groups excluding carboxylic acids is 2. The Labute approximate surface area is 174 Å². The van der Waals surface area contributed by atoms with Crippen LogP contribution < -0.4 is 5.32 Å². The second kappa shape index (κ2) is 9.95. The van der Waals surface area contributed by atoms with Crippen molar-refractivity contribution in [1.82, 2.24) is 10.3 Å². The monoisotopic (exact) mass is 400 g/mol. The van der Waals surface area contributed by atoms with E-state index in [0.29, 0.717) is 6.42 Å². The van der Waals surface area contributed by atoms with Crippen molar-refractivity contribution in [2.24, 2.45) is 5.92 Å². The first-order valence-electron chi connectivity index (χ1n) is 10.7. The number of unbranched alkanes of at least 4 members (excludes halogenated alkanes) is 2. The third-order valence-electron chi connectivity index (χ3n) is 5.38. The van der Waals surface area contributed by atoms with Gasteiger partial charge in [0.15, 0.2) is 0 Å². The number of rotatable bonds is 9. The van der Waals surface area contributed by atoms with Gasteiger partial charge in [0.1, 0.15) is 11.6 Å². The molecule has 3 unspecified atom stereocenters. The molecule has 1 amide bonds. The second-order valence-corrected chi connectivity index (χ2v) is 8.96. The highest BCUT2D eigenvalue weighted by Gasteiger charge is 2.30. The molecule has 0 saturated heterocycles. The van der Waals surface area contributed by atoms with Crippen LogP contribution in [0.5, 0.6) is 0 Å². The SMILES string of the molecule is CCCCCC(NC(=O)C(C)C(C)c1c[nH]c2ccccc12)C(=O)OC(C)(C)C. The van der Waals surface area contributed by atoms with E-state index >= 15 is 0 Å². The molecule has 2 N–H and O–H groups in total. The number of hydrogen-bond donors (Lipinski definition) is 2. The number of benzene rings is 1. The minimum absolute atomic E-state index is 0.0149. The molecule has 29 heavy (non-hydrogen) atoms. The molecule has 0 saturated carbocycles. The highest BCUT2D eigenvalue weighted by Crippen LogP contribution is 2.30. The normalized spacial score (nSPS) is 15.0. The third kappa shape index (κ3) is 6.34. The van der Waals surface area contributed by atoms with Crippen LogP contribution in [-0.2, 0) is 14.3 Å². The quantitative estimate of drug-likeness (QED) is 0.442. The van der Waals surface area contributed by atoms with Crippen molar-refractivity contribution in [2.45, 2.75) is 84.8 Å². The van der Waals surface area contributed by atoms with Gasteiger partial charge in [-0.15, -0.1) is 0 Å². The number of amides is 1. The van der Waals surface area contributed by atoms with Crippen LogP contribution >= 0.6 is 0 Å². The van der Waals surface area contributed by atoms with Crippen LogP contribution in [0.3, 0.4) is 0 Å². The third-order valence-corrected chi connectivity index (χ3v) is 5.38. The zero-order chi connectivity index (χ0) is 21.6. The fraction of sp³-hybridized carbons (Fsp3) is 0.583. The zero-order valence-electron chi connectivity index (χ0n) is 18.7. The number of H-pyrrole nitrogens is 1. The standard InChI is InChI=1S/C24H36N2O3/c1-7-8-9-14-21(23(28)29-24(4,5)6)26-22(27)17(3)16(2)19-15-25-20-13-11-10-12-18(19)20/h10-13,15-17,21,25H,7-9,14H2,1-6H3,(H,26,27). The summed E-state index contributed by atoms with van der Waals surface area (Å²) in [6, 6.07) is 7.49. The Balaban J connectivity index is 2.10. The molecule has 0 fully saturated rings. The molecule has 0 aliphatic carbocycles. The average Bonchev–Trinajstić information content (AvgIpc) is 3.08. The molecule has 5 heteroatoms. The molecule has 0 spiro atoms. The van der Waals surface area contributed by atoms with E-state index in [9.17, 15) is 9.59 Å². The largest absolute Gasteiger partial charge is 0.458 e. The first-order valence-corrected chi connectivity index (χ1v) is 10.7. The first kappa shape index (κ1) is 23.0. The summed E-state index contributed by atoms with van der Waals surface area (Å²) in [4.78, 5) is 28.9. The molecule has 2 rings (SSSR count). The lowest BCUT2D eigenvalue weighted by Gasteiger charge is -2.26. The van der Waals surface area contributed by atoms with Crippen LogP contribution in [0.25, 0.3) is 10.9 Å². The lowest BCUT2D eigenvalue weighted by Crippen LogP contribution is -2.46. The van der Waals surface area contributed by atoms with Gasteiger partial charge in [0.25, 0.3) is 0 Å². The van der Waals surface area contributed by atoms with Gasteiger partial charge < -0.3 is 15.0 Å². The zero-order valence-corrected chi connectivity index (χ0v) is 18.7. The predicted octanol–water partition coefficient (Wildman–Crippen LogP) is 5.31. The summed E-state index contributed by atoms with van der Waals surface area (Å²) in [6.07, 6.45) is 5.54. The van der Waals surface area contributed by atoms with Gasteiger partial charge in [0.2, 0.25) is 5.91 Å². The fourth-order valence-electron chi connectivity index (χ4n) is 3.49. The molecule has 0 bridgehead atoms. The Hall–Kier alpha value is -2.30. The van der Waals surface area contributed by atoms with Crippen molar-refractivity contribution in [1.29, 1.82) is 0 Å². The average molecular weight is 401 g/mol. The number of para-hydroxylation sites is 1. The molecule has 0 aliphatic heterocycles. The van der Waals surface area contributed by atoms with E-state index in [1.807, 2.05) is 52.1 Å². The summed E-state index contributed by atoms with van der Waals surface area (Å²) in [5.41, 5.74) is 1.60. The van der Waals surface area contributed by atoms with Gasteiger partial charge in [0, 0.05) is 23.0 Å². The minimum atomic E-state index is -0.606. The molecule has 1 heterocycles. The number of hydrogen-bond acceptors (Lipinski definition) is 3. The Bertz CT molecular complexity index is 819. The van der Waals surface area contributed by atoms with Crippen molar-refractivity contribution in [3.05, 3.63) is 36.0 Å². The van der Waals surface area contributed by atoms with E-state index in [-0.39, 0.29) is 23.7 Å². The van der Waals surface area contributed by atoms with E-state index in [1.54, 1.807) is 0 Å². The maximum atomic E-state index is 13.0. The molecule has 3 atom stereocenters. The maximum absolute atomic E-state index is 13.0. The van der Waals surface area contributed by atoms with Gasteiger partial charge in [-0.1, -0.05) is 58.2 Å². The van der Waals surface area contributed by atoms with Gasteiger partial charge in [-0.3, -0.25) is 4.79 Å². The van der Waals surface area contributed by atoms with Gasteiger partial charge in [-0.05, 0) is 44.7 Å². The minimum Gasteiger partial charge on any atom is -0.458 e. The van der Waals surface area contributed by atoms with Gasteiger partial charge >= 0.3 is 5.97 Å². The van der Waals surface area contributed by atoms with Crippen LogP contribution in [0.15, 0.2) is 30.5 Å². The van der Waals surface area contributed by atoms with Gasteiger partial charge in [0.05, 0.1) is 0 Å². The summed E-state index contributed by atoms with van der Waals surface area (Å²) in [5, 5.41) is 4.10. The van der Waals surface area contributed by atoms with E-state index in [2.05, 4.69) is 30.2 Å². The van der Waals surface area contributed by atoms with E-state index in [4.69, 9.17) is 4.74 Å². The summed E-state index contributed by atoms with van der Waals surface area (Å²) in [6.45, 7) is 11.6. The van der Waals surface area contributed by atoms with Crippen LogP contribution in [0, 0.1) is 5.92 Å². The molecule has 2 aromatic rings. The van der Waals surface area contributed by atoms with Crippen molar-refractivity contribution in [3.8, 4) is 0 Å².